The molecule has 0 aliphatic heterocycles. The van der Waals surface area contributed by atoms with E-state index in [0.717, 1.165) is 6.20 Å². The molecule has 90 valence electrons. The SMILES string of the molecule is O=c1c2c(Br)cccc2ccn1CC(F)(F)F. The van der Waals surface area contributed by atoms with Crippen LogP contribution in [0.4, 0.5) is 13.2 Å². The van der Waals surface area contributed by atoms with Crippen molar-refractivity contribution in [2.45, 2.75) is 12.7 Å². The van der Waals surface area contributed by atoms with E-state index in [1.807, 2.05) is 0 Å². The molecule has 6 heteroatoms. The third kappa shape index (κ3) is 2.52. The summed E-state index contributed by atoms with van der Waals surface area (Å²) in [5.41, 5.74) is -0.646. The first-order valence-corrected chi connectivity index (χ1v) is 5.52. The number of fused-ring (bicyclic) bond motifs is 1. The minimum atomic E-state index is -4.40. The van der Waals surface area contributed by atoms with Crippen molar-refractivity contribution in [3.63, 3.8) is 0 Å². The van der Waals surface area contributed by atoms with Crippen LogP contribution in [0.3, 0.4) is 0 Å². The Morgan fingerprint density at radius 3 is 2.59 bits per heavy atom. The Kier molecular flexibility index (Phi) is 2.99. The molecule has 0 N–H and O–H groups in total. The normalized spacial score (nSPS) is 12.0. The van der Waals surface area contributed by atoms with Crippen LogP contribution in [0.2, 0.25) is 0 Å². The van der Waals surface area contributed by atoms with Crippen molar-refractivity contribution in [1.82, 2.24) is 4.57 Å². The number of alkyl halides is 3. The fourth-order valence-corrected chi connectivity index (χ4v) is 2.16. The number of halogens is 4. The standard InChI is InChI=1S/C11H7BrF3NO/c12-8-3-1-2-7-4-5-16(6-11(13,14)15)10(17)9(7)8/h1-5H,6H2. The van der Waals surface area contributed by atoms with Gasteiger partial charge in [0, 0.05) is 10.7 Å². The van der Waals surface area contributed by atoms with Gasteiger partial charge in [0.1, 0.15) is 6.54 Å². The van der Waals surface area contributed by atoms with Crippen LogP contribution in [-0.2, 0) is 6.54 Å². The van der Waals surface area contributed by atoms with E-state index in [-0.39, 0.29) is 5.39 Å². The largest absolute Gasteiger partial charge is 0.406 e. The second-order valence-corrected chi connectivity index (χ2v) is 4.42. The average molecular weight is 306 g/mol. The smallest absolute Gasteiger partial charge is 0.306 e. The quantitative estimate of drug-likeness (QED) is 0.792. The number of hydrogen-bond acceptors (Lipinski definition) is 1. The number of pyridine rings is 1. The van der Waals surface area contributed by atoms with Gasteiger partial charge in [-0.15, -0.1) is 0 Å². The van der Waals surface area contributed by atoms with Gasteiger partial charge >= 0.3 is 6.18 Å². The highest BCUT2D eigenvalue weighted by molar-refractivity contribution is 9.10. The highest BCUT2D eigenvalue weighted by Gasteiger charge is 2.28. The predicted molar refractivity (Wildman–Crippen MR) is 62.0 cm³/mol. The van der Waals surface area contributed by atoms with E-state index in [2.05, 4.69) is 15.9 Å². The molecule has 0 unspecified atom stereocenters. The number of aromatic nitrogens is 1. The average Bonchev–Trinajstić information content (AvgIpc) is 2.20. The van der Waals surface area contributed by atoms with Crippen LogP contribution in [0.1, 0.15) is 0 Å². The number of hydrogen-bond donors (Lipinski definition) is 0. The van der Waals surface area contributed by atoms with Crippen molar-refractivity contribution < 1.29 is 13.2 Å². The minimum absolute atomic E-state index is 0.263. The Bertz CT molecular complexity index is 618. The van der Waals surface area contributed by atoms with Crippen LogP contribution >= 0.6 is 15.9 Å². The Morgan fingerprint density at radius 1 is 1.24 bits per heavy atom. The monoisotopic (exact) mass is 305 g/mol. The van der Waals surface area contributed by atoms with Gasteiger partial charge < -0.3 is 4.57 Å². The summed E-state index contributed by atoms with van der Waals surface area (Å²) < 4.78 is 37.9. The van der Waals surface area contributed by atoms with Gasteiger partial charge in [-0.05, 0) is 33.4 Å². The molecule has 2 nitrogen and oxygen atoms in total. The Hall–Kier alpha value is -1.30. The number of benzene rings is 1. The van der Waals surface area contributed by atoms with Crippen molar-refractivity contribution in [2.75, 3.05) is 0 Å². The van der Waals surface area contributed by atoms with Gasteiger partial charge in [0.15, 0.2) is 0 Å². The first-order chi connectivity index (χ1) is 7.88. The summed E-state index contributed by atoms with van der Waals surface area (Å²) in [6, 6.07) is 6.52. The molecular weight excluding hydrogens is 299 g/mol. The van der Waals surface area contributed by atoms with Gasteiger partial charge in [-0.2, -0.15) is 13.2 Å². The molecule has 0 bridgehead atoms. The maximum absolute atomic E-state index is 12.3. The van der Waals surface area contributed by atoms with Gasteiger partial charge in [-0.3, -0.25) is 4.79 Å². The summed E-state index contributed by atoms with van der Waals surface area (Å²) in [6.45, 7) is -1.27. The molecule has 1 aromatic heterocycles. The van der Waals surface area contributed by atoms with Crippen molar-refractivity contribution >= 4 is 26.7 Å². The van der Waals surface area contributed by atoms with Crippen LogP contribution < -0.4 is 5.56 Å². The zero-order valence-corrected chi connectivity index (χ0v) is 10.0. The Labute approximate surface area is 103 Å². The third-order valence-electron chi connectivity index (χ3n) is 2.30. The zero-order chi connectivity index (χ0) is 12.6. The maximum Gasteiger partial charge on any atom is 0.406 e. The first-order valence-electron chi connectivity index (χ1n) is 4.73. The van der Waals surface area contributed by atoms with E-state index < -0.39 is 18.3 Å². The molecule has 0 saturated heterocycles. The van der Waals surface area contributed by atoms with Crippen molar-refractivity contribution in [2.24, 2.45) is 0 Å². The molecule has 0 saturated carbocycles. The molecule has 0 fully saturated rings. The maximum atomic E-state index is 12.3. The van der Waals surface area contributed by atoms with Gasteiger partial charge in [0.2, 0.25) is 0 Å². The van der Waals surface area contributed by atoms with Gasteiger partial charge in [-0.1, -0.05) is 12.1 Å². The molecule has 0 spiro atoms. The Morgan fingerprint density at radius 2 is 1.94 bits per heavy atom. The molecule has 1 aromatic carbocycles. The molecule has 0 aliphatic rings. The molecule has 17 heavy (non-hydrogen) atoms. The summed E-state index contributed by atoms with van der Waals surface area (Å²) in [4.78, 5) is 11.9. The predicted octanol–water partition coefficient (Wildman–Crippen LogP) is 3.33. The van der Waals surface area contributed by atoms with E-state index >= 15 is 0 Å². The lowest BCUT2D eigenvalue weighted by atomic mass is 10.2. The van der Waals surface area contributed by atoms with Gasteiger partial charge in [-0.25, -0.2) is 0 Å². The lowest BCUT2D eigenvalue weighted by Gasteiger charge is -2.10. The van der Waals surface area contributed by atoms with Crippen LogP contribution in [-0.4, -0.2) is 10.7 Å². The van der Waals surface area contributed by atoms with Crippen LogP contribution in [0, 0.1) is 0 Å². The fourth-order valence-electron chi connectivity index (χ4n) is 1.60. The van der Waals surface area contributed by atoms with Crippen LogP contribution in [0.25, 0.3) is 10.8 Å². The molecule has 1 heterocycles. The lowest BCUT2D eigenvalue weighted by molar-refractivity contribution is -0.141. The first kappa shape index (κ1) is 12.2. The molecule has 0 radical (unpaired) electrons. The van der Waals surface area contributed by atoms with E-state index in [0.29, 0.717) is 14.4 Å². The molecule has 2 rings (SSSR count). The zero-order valence-electron chi connectivity index (χ0n) is 8.46. The van der Waals surface area contributed by atoms with Crippen molar-refractivity contribution in [1.29, 1.82) is 0 Å². The summed E-state index contributed by atoms with van der Waals surface area (Å²) in [7, 11) is 0. The fraction of sp³-hybridized carbons (Fsp3) is 0.182. The van der Waals surface area contributed by atoms with Gasteiger partial charge in [0.05, 0.1) is 5.39 Å². The Balaban J connectivity index is 2.66. The van der Waals surface area contributed by atoms with Crippen molar-refractivity contribution in [3.05, 3.63) is 45.3 Å². The molecular formula is C11H7BrF3NO. The minimum Gasteiger partial charge on any atom is -0.306 e. The molecule has 0 amide bonds. The van der Waals surface area contributed by atoms with E-state index in [1.165, 1.54) is 6.07 Å². The van der Waals surface area contributed by atoms with E-state index in [4.69, 9.17) is 0 Å². The van der Waals surface area contributed by atoms with Crippen molar-refractivity contribution in [3.8, 4) is 0 Å². The van der Waals surface area contributed by atoms with E-state index in [9.17, 15) is 18.0 Å². The summed E-state index contributed by atoms with van der Waals surface area (Å²) in [5, 5.41) is 0.877. The number of nitrogens with zero attached hydrogens (tertiary/aromatic N) is 1. The van der Waals surface area contributed by atoms with E-state index in [1.54, 1.807) is 18.2 Å². The van der Waals surface area contributed by atoms with Crippen LogP contribution in [0.5, 0.6) is 0 Å². The van der Waals surface area contributed by atoms with Crippen LogP contribution in [0.15, 0.2) is 39.7 Å². The number of rotatable bonds is 1. The third-order valence-corrected chi connectivity index (χ3v) is 2.97. The second kappa shape index (κ2) is 4.18. The molecule has 0 atom stereocenters. The summed E-state index contributed by atoms with van der Waals surface area (Å²) in [6.07, 6.45) is -3.25. The second-order valence-electron chi connectivity index (χ2n) is 3.57. The highest BCUT2D eigenvalue weighted by atomic mass is 79.9. The van der Waals surface area contributed by atoms with Gasteiger partial charge in [0.25, 0.3) is 5.56 Å². The lowest BCUT2D eigenvalue weighted by Crippen LogP contribution is -2.27. The molecule has 2 aromatic rings. The highest BCUT2D eigenvalue weighted by Crippen LogP contribution is 2.21. The molecule has 0 aliphatic carbocycles. The summed E-state index contributed by atoms with van der Waals surface area (Å²) >= 11 is 3.17. The topological polar surface area (TPSA) is 22.0 Å². The summed E-state index contributed by atoms with van der Waals surface area (Å²) in [5.74, 6) is 0.